The second-order valence-corrected chi connectivity index (χ2v) is 7.68. The summed E-state index contributed by atoms with van der Waals surface area (Å²) in [4.78, 5) is 6.19. The highest BCUT2D eigenvalue weighted by atomic mass is 32.2. The highest BCUT2D eigenvalue weighted by Crippen LogP contribution is 2.26. The first-order valence-corrected chi connectivity index (χ1v) is 9.87. The van der Waals surface area contributed by atoms with Gasteiger partial charge >= 0.3 is 0 Å². The van der Waals surface area contributed by atoms with Crippen LogP contribution in [0.5, 0.6) is 0 Å². The first-order chi connectivity index (χ1) is 12.7. The number of hydrogen-bond donors (Lipinski definition) is 0. The molecule has 0 aliphatic heterocycles. The number of aromatic nitrogens is 2. The molecule has 4 rings (SSSR count). The van der Waals surface area contributed by atoms with E-state index in [0.29, 0.717) is 0 Å². The summed E-state index contributed by atoms with van der Waals surface area (Å²) in [6, 6.07) is 25.6. The molecule has 0 aliphatic carbocycles. The van der Waals surface area contributed by atoms with E-state index in [9.17, 15) is 0 Å². The fraction of sp³-hybridized carbons (Fsp3) is 0.174. The average molecular weight is 359 g/mol. The van der Waals surface area contributed by atoms with Crippen molar-refractivity contribution < 1.29 is 0 Å². The summed E-state index contributed by atoms with van der Waals surface area (Å²) in [6.45, 7) is 5.20. The third kappa shape index (κ3) is 3.54. The van der Waals surface area contributed by atoms with Gasteiger partial charge in [0.25, 0.3) is 0 Å². The van der Waals surface area contributed by atoms with E-state index < -0.39 is 0 Å². The minimum atomic E-state index is 0.860. The molecule has 0 unspecified atom stereocenters. The van der Waals surface area contributed by atoms with Gasteiger partial charge in [-0.2, -0.15) is 0 Å². The predicted octanol–water partition coefficient (Wildman–Crippen LogP) is 5.99. The number of para-hydroxylation sites is 2. The maximum atomic E-state index is 4.92. The Labute approximate surface area is 158 Å². The lowest BCUT2D eigenvalue weighted by molar-refractivity contribution is 0.775. The number of imidazole rings is 1. The van der Waals surface area contributed by atoms with Crippen molar-refractivity contribution in [2.75, 3.05) is 0 Å². The van der Waals surface area contributed by atoms with Gasteiger partial charge < -0.3 is 4.57 Å². The van der Waals surface area contributed by atoms with Crippen LogP contribution >= 0.6 is 11.8 Å². The molecule has 0 amide bonds. The van der Waals surface area contributed by atoms with Crippen LogP contribution in [0.15, 0.2) is 77.7 Å². The zero-order chi connectivity index (χ0) is 17.9. The van der Waals surface area contributed by atoms with Gasteiger partial charge in [-0.05, 0) is 49.2 Å². The van der Waals surface area contributed by atoms with Crippen LogP contribution in [0.25, 0.3) is 11.0 Å². The smallest absolute Gasteiger partial charge is 0.120 e. The molecule has 0 spiro atoms. The summed E-state index contributed by atoms with van der Waals surface area (Å²) in [7, 11) is 0. The SMILES string of the molecule is Cc1ccc(C)c(Cn2c(CSc3ccccc3)nc3ccccc32)c1. The van der Waals surface area contributed by atoms with Gasteiger partial charge in [-0.3, -0.25) is 0 Å². The number of benzene rings is 3. The normalized spacial score (nSPS) is 11.2. The van der Waals surface area contributed by atoms with E-state index in [2.05, 4.69) is 91.2 Å². The van der Waals surface area contributed by atoms with Crippen LogP contribution in [0, 0.1) is 13.8 Å². The van der Waals surface area contributed by atoms with E-state index in [-0.39, 0.29) is 0 Å². The fourth-order valence-corrected chi connectivity index (χ4v) is 4.08. The molecule has 0 aliphatic rings. The molecule has 3 aromatic carbocycles. The number of fused-ring (bicyclic) bond motifs is 1. The van der Waals surface area contributed by atoms with Crippen molar-refractivity contribution in [3.8, 4) is 0 Å². The lowest BCUT2D eigenvalue weighted by Crippen LogP contribution is -2.06. The van der Waals surface area contributed by atoms with Gasteiger partial charge in [0.15, 0.2) is 0 Å². The summed E-state index contributed by atoms with van der Waals surface area (Å²) < 4.78 is 2.37. The molecule has 1 heterocycles. The minimum absolute atomic E-state index is 0.860. The van der Waals surface area contributed by atoms with E-state index in [4.69, 9.17) is 4.98 Å². The highest BCUT2D eigenvalue weighted by Gasteiger charge is 2.12. The topological polar surface area (TPSA) is 17.8 Å². The standard InChI is InChI=1S/C23H22N2S/c1-17-12-13-18(2)19(14-17)15-25-22-11-7-6-10-21(22)24-23(25)16-26-20-8-4-3-5-9-20/h3-14H,15-16H2,1-2H3. The van der Waals surface area contributed by atoms with Gasteiger partial charge in [0.2, 0.25) is 0 Å². The minimum Gasteiger partial charge on any atom is -0.323 e. The zero-order valence-corrected chi connectivity index (χ0v) is 16.0. The van der Waals surface area contributed by atoms with E-state index in [1.54, 1.807) is 0 Å². The zero-order valence-electron chi connectivity index (χ0n) is 15.1. The quantitative estimate of drug-likeness (QED) is 0.408. The van der Waals surface area contributed by atoms with E-state index >= 15 is 0 Å². The van der Waals surface area contributed by atoms with Gasteiger partial charge in [-0.15, -0.1) is 11.8 Å². The summed E-state index contributed by atoms with van der Waals surface area (Å²) in [6.07, 6.45) is 0. The third-order valence-corrected chi connectivity index (χ3v) is 5.69. The van der Waals surface area contributed by atoms with Crippen LogP contribution in [0.1, 0.15) is 22.5 Å². The van der Waals surface area contributed by atoms with Gasteiger partial charge in [0.05, 0.1) is 16.8 Å². The van der Waals surface area contributed by atoms with Crippen LogP contribution in [0.3, 0.4) is 0 Å². The second kappa shape index (κ2) is 7.38. The Morgan fingerprint density at radius 1 is 0.885 bits per heavy atom. The van der Waals surface area contributed by atoms with Crippen molar-refractivity contribution >= 4 is 22.8 Å². The molecule has 0 N–H and O–H groups in total. The van der Waals surface area contributed by atoms with Crippen LogP contribution in [0.2, 0.25) is 0 Å². The maximum absolute atomic E-state index is 4.92. The van der Waals surface area contributed by atoms with Crippen molar-refractivity contribution in [2.24, 2.45) is 0 Å². The van der Waals surface area contributed by atoms with Crippen molar-refractivity contribution in [3.63, 3.8) is 0 Å². The molecule has 0 saturated carbocycles. The molecular weight excluding hydrogens is 336 g/mol. The lowest BCUT2D eigenvalue weighted by atomic mass is 10.1. The predicted molar refractivity (Wildman–Crippen MR) is 111 cm³/mol. The van der Waals surface area contributed by atoms with Gasteiger partial charge in [0, 0.05) is 11.4 Å². The van der Waals surface area contributed by atoms with Crippen LogP contribution in [-0.4, -0.2) is 9.55 Å². The molecule has 0 radical (unpaired) electrons. The first kappa shape index (κ1) is 16.9. The summed E-state index contributed by atoms with van der Waals surface area (Å²) in [5.41, 5.74) is 6.27. The van der Waals surface area contributed by atoms with Gasteiger partial charge in [-0.1, -0.05) is 54.1 Å². The Morgan fingerprint density at radius 2 is 1.65 bits per heavy atom. The van der Waals surface area contributed by atoms with Crippen LogP contribution < -0.4 is 0 Å². The summed E-state index contributed by atoms with van der Waals surface area (Å²) >= 11 is 1.84. The first-order valence-electron chi connectivity index (χ1n) is 8.89. The molecule has 130 valence electrons. The molecule has 26 heavy (non-hydrogen) atoms. The number of hydrogen-bond acceptors (Lipinski definition) is 2. The van der Waals surface area contributed by atoms with Crippen molar-refractivity contribution in [1.29, 1.82) is 0 Å². The number of thioether (sulfide) groups is 1. The molecule has 0 saturated heterocycles. The molecule has 2 nitrogen and oxygen atoms in total. The Hall–Kier alpha value is -2.52. The largest absolute Gasteiger partial charge is 0.323 e. The average Bonchev–Trinajstić information content (AvgIpc) is 3.01. The van der Waals surface area contributed by atoms with Crippen molar-refractivity contribution in [3.05, 3.63) is 95.3 Å². The molecular formula is C23H22N2S. The second-order valence-electron chi connectivity index (χ2n) is 6.63. The van der Waals surface area contributed by atoms with E-state index in [0.717, 1.165) is 23.6 Å². The number of aryl methyl sites for hydroxylation is 2. The monoisotopic (exact) mass is 358 g/mol. The van der Waals surface area contributed by atoms with Crippen LogP contribution in [-0.2, 0) is 12.3 Å². The Kier molecular flexibility index (Phi) is 4.81. The number of rotatable bonds is 5. The Bertz CT molecular complexity index is 1030. The lowest BCUT2D eigenvalue weighted by Gasteiger charge is -2.12. The Morgan fingerprint density at radius 3 is 2.50 bits per heavy atom. The highest BCUT2D eigenvalue weighted by molar-refractivity contribution is 7.98. The van der Waals surface area contributed by atoms with E-state index in [1.165, 1.54) is 27.1 Å². The van der Waals surface area contributed by atoms with Crippen molar-refractivity contribution in [2.45, 2.75) is 31.0 Å². The summed E-state index contributed by atoms with van der Waals surface area (Å²) in [5.74, 6) is 1.99. The summed E-state index contributed by atoms with van der Waals surface area (Å²) in [5, 5.41) is 0. The van der Waals surface area contributed by atoms with Gasteiger partial charge in [0.1, 0.15) is 5.82 Å². The fourth-order valence-electron chi connectivity index (χ4n) is 3.22. The van der Waals surface area contributed by atoms with E-state index in [1.807, 2.05) is 11.8 Å². The van der Waals surface area contributed by atoms with Crippen LogP contribution in [0.4, 0.5) is 0 Å². The molecule has 0 fully saturated rings. The third-order valence-electron chi connectivity index (χ3n) is 4.68. The molecule has 4 aromatic rings. The number of nitrogens with zero attached hydrogens (tertiary/aromatic N) is 2. The molecule has 0 atom stereocenters. The molecule has 3 heteroatoms. The molecule has 1 aromatic heterocycles. The maximum Gasteiger partial charge on any atom is 0.120 e. The van der Waals surface area contributed by atoms with Crippen molar-refractivity contribution in [1.82, 2.24) is 9.55 Å². The Balaban J connectivity index is 1.70. The molecule has 0 bridgehead atoms. The van der Waals surface area contributed by atoms with Gasteiger partial charge in [-0.25, -0.2) is 4.98 Å².